The standard InChI is InChI=1S/2C2H6S.2BH3/c2*1-3-2;;/h2*1-2H3;2*1H3. The Hall–Kier alpha value is 0.830. The fourth-order valence-corrected chi connectivity index (χ4v) is 0. The van der Waals surface area contributed by atoms with Crippen molar-refractivity contribution in [2.45, 2.75) is 0 Å². The van der Waals surface area contributed by atoms with Gasteiger partial charge in [0.15, 0.2) is 0 Å². The van der Waals surface area contributed by atoms with E-state index in [-0.39, 0.29) is 16.8 Å². The topological polar surface area (TPSA) is 0 Å². The Labute approximate surface area is 65.7 Å². The lowest BCUT2D eigenvalue weighted by Crippen LogP contribution is -1.25. The highest BCUT2D eigenvalue weighted by Gasteiger charge is 1.33. The van der Waals surface area contributed by atoms with Crippen LogP contribution in [0.3, 0.4) is 0 Å². The molecule has 0 unspecified atom stereocenters. The lowest BCUT2D eigenvalue weighted by atomic mass is 10.8. The van der Waals surface area contributed by atoms with Crippen molar-refractivity contribution in [3.05, 3.63) is 0 Å². The zero-order valence-corrected chi connectivity index (χ0v) is 6.45. The highest BCUT2D eigenvalue weighted by molar-refractivity contribution is 7.98. The molecule has 0 atom stereocenters. The molecule has 0 radical (unpaired) electrons. The minimum absolute atomic E-state index is 0. The Kier molecular flexibility index (Phi) is 132. The van der Waals surface area contributed by atoms with E-state index in [2.05, 4.69) is 0 Å². The molecule has 0 spiro atoms. The minimum atomic E-state index is 0. The van der Waals surface area contributed by atoms with Crippen molar-refractivity contribution in [1.29, 1.82) is 0 Å². The molecule has 0 nitrogen and oxygen atoms in total. The molecular formula is C4H18B2S2. The van der Waals surface area contributed by atoms with Crippen LogP contribution in [0.1, 0.15) is 0 Å². The van der Waals surface area contributed by atoms with E-state index in [1.807, 2.05) is 25.0 Å². The van der Waals surface area contributed by atoms with Crippen molar-refractivity contribution in [3.8, 4) is 0 Å². The van der Waals surface area contributed by atoms with Crippen molar-refractivity contribution >= 4 is 40.3 Å². The fraction of sp³-hybridized carbons (Fsp3) is 1.00. The van der Waals surface area contributed by atoms with Gasteiger partial charge in [-0.1, -0.05) is 0 Å². The Balaban J connectivity index is -0.0000000160. The molecule has 0 bridgehead atoms. The molecule has 8 heavy (non-hydrogen) atoms. The van der Waals surface area contributed by atoms with Gasteiger partial charge in [-0.25, -0.2) is 0 Å². The minimum Gasteiger partial charge on any atom is -0.169 e. The van der Waals surface area contributed by atoms with Crippen molar-refractivity contribution < 1.29 is 0 Å². The van der Waals surface area contributed by atoms with Gasteiger partial charge in [0.2, 0.25) is 0 Å². The summed E-state index contributed by atoms with van der Waals surface area (Å²) in [7, 11) is 0. The molecule has 0 aromatic heterocycles. The molecule has 0 aromatic carbocycles. The summed E-state index contributed by atoms with van der Waals surface area (Å²) < 4.78 is 0. The summed E-state index contributed by atoms with van der Waals surface area (Å²) in [6.07, 6.45) is 8.17. The molecule has 0 amide bonds. The van der Waals surface area contributed by atoms with E-state index in [1.54, 1.807) is 23.5 Å². The average molecular weight is 152 g/mol. The lowest BCUT2D eigenvalue weighted by molar-refractivity contribution is 2.37. The molecule has 0 aliphatic heterocycles. The van der Waals surface area contributed by atoms with Gasteiger partial charge in [-0.05, 0) is 25.0 Å². The average Bonchev–Trinajstić information content (AvgIpc) is 1.39. The van der Waals surface area contributed by atoms with Gasteiger partial charge in [0.1, 0.15) is 0 Å². The summed E-state index contributed by atoms with van der Waals surface area (Å²) in [5, 5.41) is 0. The summed E-state index contributed by atoms with van der Waals surface area (Å²) in [4.78, 5) is 0. The van der Waals surface area contributed by atoms with Gasteiger partial charge < -0.3 is 0 Å². The molecule has 52 valence electrons. The summed E-state index contributed by atoms with van der Waals surface area (Å²) in [6.45, 7) is 0. The molecule has 0 aliphatic carbocycles. The molecular weight excluding hydrogens is 134 g/mol. The van der Waals surface area contributed by atoms with Crippen LogP contribution in [-0.4, -0.2) is 41.8 Å². The van der Waals surface area contributed by atoms with E-state index in [0.717, 1.165) is 0 Å². The van der Waals surface area contributed by atoms with Gasteiger partial charge >= 0.3 is 0 Å². The van der Waals surface area contributed by atoms with Crippen LogP contribution in [0.15, 0.2) is 0 Å². The molecule has 0 fully saturated rings. The SMILES string of the molecule is B.B.CSC.CSC. The Morgan fingerprint density at radius 1 is 0.625 bits per heavy atom. The largest absolute Gasteiger partial charge is 0.169 e. The first-order valence-corrected chi connectivity index (χ1v) is 4.90. The van der Waals surface area contributed by atoms with E-state index < -0.39 is 0 Å². The van der Waals surface area contributed by atoms with Crippen molar-refractivity contribution in [2.75, 3.05) is 25.0 Å². The number of thioether (sulfide) groups is 2. The van der Waals surface area contributed by atoms with Crippen LogP contribution in [-0.2, 0) is 0 Å². The van der Waals surface area contributed by atoms with E-state index in [1.165, 1.54) is 0 Å². The van der Waals surface area contributed by atoms with Crippen molar-refractivity contribution in [1.82, 2.24) is 0 Å². The number of hydrogen-bond acceptors (Lipinski definition) is 2. The number of rotatable bonds is 0. The number of hydrogen-bond donors (Lipinski definition) is 0. The third-order valence-electron chi connectivity index (χ3n) is 0. The van der Waals surface area contributed by atoms with Crippen LogP contribution in [0.5, 0.6) is 0 Å². The predicted octanol–water partition coefficient (Wildman–Crippen LogP) is -0.409. The van der Waals surface area contributed by atoms with Crippen LogP contribution in [0.2, 0.25) is 0 Å². The van der Waals surface area contributed by atoms with Gasteiger partial charge in [-0.2, -0.15) is 23.5 Å². The maximum Gasteiger partial charge on any atom is 0.0814 e. The Bertz CT molecular complexity index is 14.0. The second-order valence-electron chi connectivity index (χ2n) is 0.816. The monoisotopic (exact) mass is 152 g/mol. The van der Waals surface area contributed by atoms with E-state index >= 15 is 0 Å². The van der Waals surface area contributed by atoms with E-state index in [4.69, 9.17) is 0 Å². The lowest BCUT2D eigenvalue weighted by Gasteiger charge is -1.51. The zero-order valence-electron chi connectivity index (χ0n) is 4.82. The van der Waals surface area contributed by atoms with Gasteiger partial charge in [-0.15, -0.1) is 0 Å². The van der Waals surface area contributed by atoms with Gasteiger partial charge in [0, 0.05) is 0 Å². The third-order valence-corrected chi connectivity index (χ3v) is 0. The van der Waals surface area contributed by atoms with Crippen LogP contribution < -0.4 is 0 Å². The first-order valence-electron chi connectivity index (χ1n) is 1.63. The smallest absolute Gasteiger partial charge is 0.0814 e. The van der Waals surface area contributed by atoms with Crippen LogP contribution in [0.25, 0.3) is 0 Å². The molecule has 0 N–H and O–H groups in total. The molecule has 0 heterocycles. The van der Waals surface area contributed by atoms with Crippen LogP contribution >= 0.6 is 23.5 Å². The second-order valence-corrected chi connectivity index (χ2v) is 2.45. The molecule has 4 heteroatoms. The van der Waals surface area contributed by atoms with Crippen molar-refractivity contribution in [3.63, 3.8) is 0 Å². The highest BCUT2D eigenvalue weighted by atomic mass is 32.2. The first-order chi connectivity index (χ1) is 2.83. The molecule has 0 aromatic rings. The van der Waals surface area contributed by atoms with Crippen LogP contribution in [0.4, 0.5) is 0 Å². The summed E-state index contributed by atoms with van der Waals surface area (Å²) in [5.74, 6) is 0. The Morgan fingerprint density at radius 2 is 0.625 bits per heavy atom. The van der Waals surface area contributed by atoms with E-state index in [9.17, 15) is 0 Å². The summed E-state index contributed by atoms with van der Waals surface area (Å²) in [5.41, 5.74) is 0. The molecule has 0 rings (SSSR count). The normalized spacial score (nSPS) is 4.50. The first kappa shape index (κ1) is 23.2. The fourth-order valence-electron chi connectivity index (χ4n) is 0. The molecule has 0 saturated carbocycles. The van der Waals surface area contributed by atoms with E-state index in [0.29, 0.717) is 0 Å². The summed E-state index contributed by atoms with van der Waals surface area (Å²) >= 11 is 3.50. The maximum atomic E-state index is 2.04. The van der Waals surface area contributed by atoms with Gasteiger partial charge in [0.25, 0.3) is 0 Å². The third kappa shape index (κ3) is 337. The van der Waals surface area contributed by atoms with Crippen LogP contribution in [0, 0.1) is 0 Å². The second kappa shape index (κ2) is 45.6. The molecule has 0 aliphatic rings. The maximum absolute atomic E-state index is 2.04. The summed E-state index contributed by atoms with van der Waals surface area (Å²) in [6, 6.07) is 0. The molecule has 0 saturated heterocycles. The quantitative estimate of drug-likeness (QED) is 0.433. The zero-order chi connectivity index (χ0) is 5.41. The van der Waals surface area contributed by atoms with Gasteiger partial charge in [-0.3, -0.25) is 0 Å². The predicted molar refractivity (Wildman–Crippen MR) is 58.8 cm³/mol. The highest BCUT2D eigenvalue weighted by Crippen LogP contribution is 1.70. The van der Waals surface area contributed by atoms with Gasteiger partial charge in [0.05, 0.1) is 16.8 Å². The van der Waals surface area contributed by atoms with Crippen molar-refractivity contribution in [2.24, 2.45) is 0 Å². The Morgan fingerprint density at radius 3 is 0.625 bits per heavy atom.